The van der Waals surface area contributed by atoms with Crippen LogP contribution in [0.2, 0.25) is 0 Å². The summed E-state index contributed by atoms with van der Waals surface area (Å²) < 4.78 is 22.5. The highest BCUT2D eigenvalue weighted by atomic mass is 16.5. The summed E-state index contributed by atoms with van der Waals surface area (Å²) in [6, 6.07) is 11.2. The Hall–Kier alpha value is -3.13. The van der Waals surface area contributed by atoms with Crippen LogP contribution in [-0.4, -0.2) is 59.1 Å². The average Bonchev–Trinajstić information content (AvgIpc) is 2.80. The number of hydrogen-bond acceptors (Lipinski definition) is 7. The van der Waals surface area contributed by atoms with Crippen molar-refractivity contribution in [1.82, 2.24) is 0 Å². The van der Waals surface area contributed by atoms with Gasteiger partial charge < -0.3 is 34.5 Å². The first-order valence-corrected chi connectivity index (χ1v) is 10.6. The van der Waals surface area contributed by atoms with Gasteiger partial charge in [-0.05, 0) is 26.0 Å². The number of para-hydroxylation sites is 2. The van der Waals surface area contributed by atoms with E-state index in [1.165, 1.54) is 0 Å². The smallest absolute Gasteiger partial charge is 0.243 e. The molecule has 0 bridgehead atoms. The van der Waals surface area contributed by atoms with Crippen molar-refractivity contribution in [2.45, 2.75) is 13.8 Å². The van der Waals surface area contributed by atoms with Gasteiger partial charge in [0.15, 0.2) is 0 Å². The molecule has 168 valence electrons. The third-order valence-electron chi connectivity index (χ3n) is 4.83. The highest BCUT2D eigenvalue weighted by Crippen LogP contribution is 2.39. The summed E-state index contributed by atoms with van der Waals surface area (Å²) in [4.78, 5) is 14.9. The molecule has 1 saturated heterocycles. The average molecular weight is 430 g/mol. The standard InChI is InChI=1S/C23H31N3O5/c1-4-30-21-15-19(26-10-12-29-13-11-26)22(31-5-2)14-18(21)25-23(27)16-24-17-8-6-7-9-20(17)28-3/h6-9,14-15,24H,4-5,10-13,16H2,1-3H3,(H,25,27). The Labute approximate surface area is 183 Å². The number of nitrogens with zero attached hydrogens (tertiary/aromatic N) is 1. The normalized spacial score (nSPS) is 13.5. The molecule has 3 rings (SSSR count). The molecule has 2 aromatic carbocycles. The Balaban J connectivity index is 1.78. The van der Waals surface area contributed by atoms with E-state index in [0.717, 1.165) is 24.5 Å². The largest absolute Gasteiger partial charge is 0.495 e. The molecule has 1 aliphatic rings. The van der Waals surface area contributed by atoms with Crippen LogP contribution in [0, 0.1) is 0 Å². The first-order chi connectivity index (χ1) is 15.2. The zero-order chi connectivity index (χ0) is 22.1. The number of carbonyl (C=O) groups excluding carboxylic acids is 1. The molecule has 0 aromatic heterocycles. The first kappa shape index (κ1) is 22.6. The minimum atomic E-state index is -0.201. The second-order valence-corrected chi connectivity index (χ2v) is 6.88. The van der Waals surface area contributed by atoms with E-state index < -0.39 is 0 Å². The van der Waals surface area contributed by atoms with Crippen LogP contribution in [0.4, 0.5) is 17.1 Å². The number of carbonyl (C=O) groups is 1. The van der Waals surface area contributed by atoms with Crippen molar-refractivity contribution >= 4 is 23.0 Å². The number of rotatable bonds is 10. The third-order valence-corrected chi connectivity index (χ3v) is 4.83. The van der Waals surface area contributed by atoms with E-state index in [4.69, 9.17) is 18.9 Å². The summed E-state index contributed by atoms with van der Waals surface area (Å²) >= 11 is 0. The van der Waals surface area contributed by atoms with Gasteiger partial charge in [0.1, 0.15) is 17.2 Å². The van der Waals surface area contributed by atoms with Gasteiger partial charge >= 0.3 is 0 Å². The quantitative estimate of drug-likeness (QED) is 0.599. The number of anilines is 3. The fraction of sp³-hybridized carbons (Fsp3) is 0.435. The zero-order valence-electron chi connectivity index (χ0n) is 18.4. The van der Waals surface area contributed by atoms with Crippen LogP contribution in [0.3, 0.4) is 0 Å². The maximum absolute atomic E-state index is 12.7. The first-order valence-electron chi connectivity index (χ1n) is 10.6. The fourth-order valence-corrected chi connectivity index (χ4v) is 3.40. The Morgan fingerprint density at radius 3 is 2.42 bits per heavy atom. The summed E-state index contributed by atoms with van der Waals surface area (Å²) in [6.45, 7) is 7.84. The summed E-state index contributed by atoms with van der Waals surface area (Å²) in [5, 5.41) is 6.05. The number of morpholine rings is 1. The van der Waals surface area contributed by atoms with Crippen LogP contribution in [0.5, 0.6) is 17.2 Å². The Morgan fingerprint density at radius 2 is 1.71 bits per heavy atom. The lowest BCUT2D eigenvalue weighted by Gasteiger charge is -2.31. The Kier molecular flexibility index (Phi) is 8.23. The molecule has 0 spiro atoms. The molecule has 8 nitrogen and oxygen atoms in total. The van der Waals surface area contributed by atoms with E-state index in [2.05, 4.69) is 15.5 Å². The number of methoxy groups -OCH3 is 1. The van der Waals surface area contributed by atoms with Crippen LogP contribution in [-0.2, 0) is 9.53 Å². The maximum Gasteiger partial charge on any atom is 0.243 e. The topological polar surface area (TPSA) is 81.3 Å². The van der Waals surface area contributed by atoms with Gasteiger partial charge in [0.25, 0.3) is 0 Å². The number of amides is 1. The molecule has 31 heavy (non-hydrogen) atoms. The van der Waals surface area contributed by atoms with Crippen LogP contribution < -0.4 is 29.7 Å². The maximum atomic E-state index is 12.7. The van der Waals surface area contributed by atoms with Crippen molar-refractivity contribution in [3.8, 4) is 17.2 Å². The minimum absolute atomic E-state index is 0.0844. The summed E-state index contributed by atoms with van der Waals surface area (Å²) in [6.07, 6.45) is 0. The van der Waals surface area contributed by atoms with E-state index in [9.17, 15) is 4.79 Å². The lowest BCUT2D eigenvalue weighted by Crippen LogP contribution is -2.36. The van der Waals surface area contributed by atoms with Crippen LogP contribution in [0.25, 0.3) is 0 Å². The van der Waals surface area contributed by atoms with Crippen LogP contribution in [0.15, 0.2) is 36.4 Å². The van der Waals surface area contributed by atoms with Gasteiger partial charge in [-0.15, -0.1) is 0 Å². The Morgan fingerprint density at radius 1 is 1.00 bits per heavy atom. The molecular formula is C23H31N3O5. The SMILES string of the molecule is CCOc1cc(N2CCOCC2)c(OCC)cc1NC(=O)CNc1ccccc1OC. The fourth-order valence-electron chi connectivity index (χ4n) is 3.40. The molecule has 0 saturated carbocycles. The van der Waals surface area contributed by atoms with Gasteiger partial charge in [-0.1, -0.05) is 12.1 Å². The number of nitrogens with one attached hydrogen (secondary N) is 2. The van der Waals surface area contributed by atoms with Gasteiger partial charge in [-0.3, -0.25) is 4.79 Å². The van der Waals surface area contributed by atoms with Crippen LogP contribution >= 0.6 is 0 Å². The van der Waals surface area contributed by atoms with E-state index in [-0.39, 0.29) is 12.5 Å². The van der Waals surface area contributed by atoms with Crippen molar-refractivity contribution < 1.29 is 23.7 Å². The third kappa shape index (κ3) is 5.95. The zero-order valence-corrected chi connectivity index (χ0v) is 18.4. The lowest BCUT2D eigenvalue weighted by atomic mass is 10.2. The van der Waals surface area contributed by atoms with Gasteiger partial charge in [-0.2, -0.15) is 0 Å². The minimum Gasteiger partial charge on any atom is -0.495 e. The summed E-state index contributed by atoms with van der Waals surface area (Å²) in [7, 11) is 1.60. The number of hydrogen-bond donors (Lipinski definition) is 2. The molecule has 1 heterocycles. The van der Waals surface area contributed by atoms with E-state index in [1.54, 1.807) is 7.11 Å². The molecule has 1 aliphatic heterocycles. The second-order valence-electron chi connectivity index (χ2n) is 6.88. The number of benzene rings is 2. The molecular weight excluding hydrogens is 398 g/mol. The molecule has 1 amide bonds. The molecule has 0 radical (unpaired) electrons. The molecule has 2 N–H and O–H groups in total. The molecule has 8 heteroatoms. The molecule has 2 aromatic rings. The van der Waals surface area contributed by atoms with Gasteiger partial charge in [-0.25, -0.2) is 0 Å². The van der Waals surface area contributed by atoms with Gasteiger partial charge in [0, 0.05) is 25.2 Å². The molecule has 0 atom stereocenters. The monoisotopic (exact) mass is 429 g/mol. The highest BCUT2D eigenvalue weighted by molar-refractivity contribution is 5.96. The van der Waals surface area contributed by atoms with Gasteiger partial charge in [0.2, 0.25) is 5.91 Å². The van der Waals surface area contributed by atoms with Crippen molar-refractivity contribution in [2.24, 2.45) is 0 Å². The summed E-state index contributed by atoms with van der Waals surface area (Å²) in [5.74, 6) is 1.80. The van der Waals surface area contributed by atoms with Crippen molar-refractivity contribution in [3.05, 3.63) is 36.4 Å². The predicted molar refractivity (Wildman–Crippen MR) is 122 cm³/mol. The van der Waals surface area contributed by atoms with E-state index in [1.807, 2.05) is 50.2 Å². The van der Waals surface area contributed by atoms with Crippen molar-refractivity contribution in [2.75, 3.05) is 68.7 Å². The highest BCUT2D eigenvalue weighted by Gasteiger charge is 2.20. The molecule has 0 aliphatic carbocycles. The van der Waals surface area contributed by atoms with E-state index in [0.29, 0.717) is 49.4 Å². The van der Waals surface area contributed by atoms with E-state index >= 15 is 0 Å². The number of ether oxygens (including phenoxy) is 4. The molecule has 0 unspecified atom stereocenters. The van der Waals surface area contributed by atoms with Gasteiger partial charge in [0.05, 0.1) is 57.1 Å². The second kappa shape index (κ2) is 11.3. The summed E-state index contributed by atoms with van der Waals surface area (Å²) in [5.41, 5.74) is 2.27. The lowest BCUT2D eigenvalue weighted by molar-refractivity contribution is -0.114. The predicted octanol–water partition coefficient (Wildman–Crippen LogP) is 3.38. The molecule has 1 fully saturated rings. The van der Waals surface area contributed by atoms with Crippen molar-refractivity contribution in [3.63, 3.8) is 0 Å². The van der Waals surface area contributed by atoms with Crippen molar-refractivity contribution in [1.29, 1.82) is 0 Å². The van der Waals surface area contributed by atoms with Crippen LogP contribution in [0.1, 0.15) is 13.8 Å². The Bertz CT molecular complexity index is 868.